The van der Waals surface area contributed by atoms with Crippen LogP contribution in [0.5, 0.6) is 11.5 Å². The zero-order valence-corrected chi connectivity index (χ0v) is 19.7. The van der Waals surface area contributed by atoms with Crippen LogP contribution in [0.4, 0.5) is 10.1 Å². The number of halogens is 1. The molecule has 3 aromatic carbocycles. The Balaban J connectivity index is 1.33. The zero-order chi connectivity index (χ0) is 24.2. The van der Waals surface area contributed by atoms with Crippen molar-refractivity contribution >= 4 is 33.0 Å². The van der Waals surface area contributed by atoms with Crippen molar-refractivity contribution < 1.29 is 18.7 Å². The standard InChI is InChI=1S/C27H22FN3O3S/c1-31-15-14-29-24(31)17-34-20-12-10-18(11-13-20)30-27(32)26-21(16-33-19-6-3-2-4-7-19)25-22(28)8-5-9-23(25)35-26/h2-15H,16-17H2,1H3,(H,30,32). The molecule has 35 heavy (non-hydrogen) atoms. The number of hydrogen-bond donors (Lipinski definition) is 1. The quantitative estimate of drug-likeness (QED) is 0.284. The number of rotatable bonds is 8. The van der Waals surface area contributed by atoms with Crippen molar-refractivity contribution in [3.63, 3.8) is 0 Å². The second-order valence-electron chi connectivity index (χ2n) is 7.85. The highest BCUT2D eigenvalue weighted by Gasteiger charge is 2.21. The Morgan fingerprint density at radius 3 is 2.46 bits per heavy atom. The number of fused-ring (bicyclic) bond motifs is 1. The molecule has 0 spiro atoms. The van der Waals surface area contributed by atoms with Crippen LogP contribution < -0.4 is 14.8 Å². The molecule has 0 fully saturated rings. The van der Waals surface area contributed by atoms with Gasteiger partial charge >= 0.3 is 0 Å². The summed E-state index contributed by atoms with van der Waals surface area (Å²) in [4.78, 5) is 17.9. The third-order valence-electron chi connectivity index (χ3n) is 5.50. The Morgan fingerprint density at radius 1 is 0.971 bits per heavy atom. The Kier molecular flexibility index (Phi) is 6.45. The van der Waals surface area contributed by atoms with Gasteiger partial charge in [-0.25, -0.2) is 9.37 Å². The maximum absolute atomic E-state index is 14.7. The van der Waals surface area contributed by atoms with Gasteiger partial charge in [0.05, 0.1) is 0 Å². The number of carbonyl (C=O) groups excluding carboxylic acids is 1. The Hall–Kier alpha value is -4.17. The van der Waals surface area contributed by atoms with Crippen molar-refractivity contribution in [1.82, 2.24) is 9.55 Å². The first kappa shape index (κ1) is 22.6. The van der Waals surface area contributed by atoms with E-state index in [4.69, 9.17) is 9.47 Å². The average Bonchev–Trinajstić information content (AvgIpc) is 3.46. The SMILES string of the molecule is Cn1ccnc1COc1ccc(NC(=O)c2sc3cccc(F)c3c2COc2ccccc2)cc1. The summed E-state index contributed by atoms with van der Waals surface area (Å²) in [6.07, 6.45) is 3.58. The van der Waals surface area contributed by atoms with Gasteiger partial charge in [-0.1, -0.05) is 24.3 Å². The van der Waals surface area contributed by atoms with Crippen LogP contribution in [0, 0.1) is 5.82 Å². The van der Waals surface area contributed by atoms with Crippen molar-refractivity contribution in [2.24, 2.45) is 7.05 Å². The topological polar surface area (TPSA) is 65.4 Å². The van der Waals surface area contributed by atoms with Crippen LogP contribution in [0.15, 0.2) is 85.2 Å². The van der Waals surface area contributed by atoms with Gasteiger partial charge in [-0.3, -0.25) is 4.79 Å². The van der Waals surface area contributed by atoms with E-state index in [0.29, 0.717) is 44.3 Å². The maximum atomic E-state index is 14.7. The molecule has 0 unspecified atom stereocenters. The predicted molar refractivity (Wildman–Crippen MR) is 134 cm³/mol. The van der Waals surface area contributed by atoms with E-state index in [1.807, 2.05) is 48.1 Å². The van der Waals surface area contributed by atoms with Crippen LogP contribution in [0.3, 0.4) is 0 Å². The molecule has 0 bridgehead atoms. The Bertz CT molecular complexity index is 1460. The summed E-state index contributed by atoms with van der Waals surface area (Å²) in [5, 5.41) is 3.32. The molecule has 8 heteroatoms. The van der Waals surface area contributed by atoms with Gasteiger partial charge in [-0.05, 0) is 48.5 Å². The first-order chi connectivity index (χ1) is 17.1. The number of thiophene rings is 1. The molecule has 5 rings (SSSR count). The summed E-state index contributed by atoms with van der Waals surface area (Å²) in [7, 11) is 1.91. The molecule has 0 aliphatic heterocycles. The number of para-hydroxylation sites is 1. The number of nitrogens with one attached hydrogen (secondary N) is 1. The summed E-state index contributed by atoms with van der Waals surface area (Å²) in [5.74, 6) is 1.42. The molecular weight excluding hydrogens is 465 g/mol. The van der Waals surface area contributed by atoms with E-state index in [1.165, 1.54) is 17.4 Å². The van der Waals surface area contributed by atoms with Crippen LogP contribution in [-0.2, 0) is 20.3 Å². The minimum Gasteiger partial charge on any atom is -0.489 e. The summed E-state index contributed by atoms with van der Waals surface area (Å²) in [6, 6.07) is 21.2. The van der Waals surface area contributed by atoms with Gasteiger partial charge < -0.3 is 19.4 Å². The van der Waals surface area contributed by atoms with Crippen molar-refractivity contribution in [3.8, 4) is 11.5 Å². The highest BCUT2D eigenvalue weighted by molar-refractivity contribution is 7.21. The number of nitrogens with zero attached hydrogens (tertiary/aromatic N) is 2. The molecular formula is C27H22FN3O3S. The summed E-state index contributed by atoms with van der Waals surface area (Å²) in [6.45, 7) is 0.418. The molecule has 0 atom stereocenters. The van der Waals surface area contributed by atoms with Gasteiger partial charge in [0.15, 0.2) is 0 Å². The number of ether oxygens (including phenoxy) is 2. The number of hydrogen-bond acceptors (Lipinski definition) is 5. The lowest BCUT2D eigenvalue weighted by Crippen LogP contribution is -2.13. The van der Waals surface area contributed by atoms with E-state index in [2.05, 4.69) is 10.3 Å². The second-order valence-corrected chi connectivity index (χ2v) is 8.90. The summed E-state index contributed by atoms with van der Waals surface area (Å²) >= 11 is 1.25. The monoisotopic (exact) mass is 487 g/mol. The van der Waals surface area contributed by atoms with Gasteiger partial charge in [0.2, 0.25) is 0 Å². The van der Waals surface area contributed by atoms with Crippen LogP contribution >= 0.6 is 11.3 Å². The van der Waals surface area contributed by atoms with E-state index in [1.54, 1.807) is 42.6 Å². The van der Waals surface area contributed by atoms with Crippen LogP contribution in [-0.4, -0.2) is 15.5 Å². The summed E-state index contributed by atoms with van der Waals surface area (Å²) in [5.41, 5.74) is 1.13. The maximum Gasteiger partial charge on any atom is 0.266 e. The van der Waals surface area contributed by atoms with Crippen molar-refractivity contribution in [3.05, 3.63) is 107 Å². The lowest BCUT2D eigenvalue weighted by atomic mass is 10.1. The number of aryl methyl sites for hydroxylation is 1. The molecule has 5 aromatic rings. The normalized spacial score (nSPS) is 10.9. The van der Waals surface area contributed by atoms with Gasteiger partial charge in [0, 0.05) is 40.8 Å². The van der Waals surface area contributed by atoms with Crippen molar-refractivity contribution in [2.75, 3.05) is 5.32 Å². The van der Waals surface area contributed by atoms with E-state index in [0.717, 1.165) is 5.82 Å². The van der Waals surface area contributed by atoms with E-state index >= 15 is 0 Å². The smallest absolute Gasteiger partial charge is 0.266 e. The fraction of sp³-hybridized carbons (Fsp3) is 0.111. The Morgan fingerprint density at radius 2 is 1.71 bits per heavy atom. The van der Waals surface area contributed by atoms with E-state index in [9.17, 15) is 9.18 Å². The minimum atomic E-state index is -0.376. The van der Waals surface area contributed by atoms with Crippen LogP contribution in [0.2, 0.25) is 0 Å². The first-order valence-electron chi connectivity index (χ1n) is 11.0. The summed E-state index contributed by atoms with van der Waals surface area (Å²) < 4.78 is 28.9. The number of anilines is 1. The molecule has 6 nitrogen and oxygen atoms in total. The average molecular weight is 488 g/mol. The number of amides is 1. The second kappa shape index (κ2) is 9.99. The molecule has 0 aliphatic carbocycles. The fourth-order valence-electron chi connectivity index (χ4n) is 3.67. The lowest BCUT2D eigenvalue weighted by Gasteiger charge is -2.10. The van der Waals surface area contributed by atoms with E-state index < -0.39 is 0 Å². The number of imidazole rings is 1. The lowest BCUT2D eigenvalue weighted by molar-refractivity contribution is 0.102. The molecule has 1 amide bonds. The number of aromatic nitrogens is 2. The van der Waals surface area contributed by atoms with Gasteiger partial charge in [-0.15, -0.1) is 11.3 Å². The molecule has 2 aromatic heterocycles. The van der Waals surface area contributed by atoms with Crippen LogP contribution in [0.1, 0.15) is 21.1 Å². The van der Waals surface area contributed by atoms with Crippen molar-refractivity contribution in [1.29, 1.82) is 0 Å². The minimum absolute atomic E-state index is 0.0771. The first-order valence-corrected chi connectivity index (χ1v) is 11.8. The fourth-order valence-corrected chi connectivity index (χ4v) is 4.78. The molecule has 0 saturated heterocycles. The zero-order valence-electron chi connectivity index (χ0n) is 18.9. The molecule has 1 N–H and O–H groups in total. The van der Waals surface area contributed by atoms with Gasteiger partial charge in [-0.2, -0.15) is 0 Å². The molecule has 0 aliphatic rings. The third-order valence-corrected chi connectivity index (χ3v) is 6.69. The Labute approximate surface area is 205 Å². The van der Waals surface area contributed by atoms with Gasteiger partial charge in [0.25, 0.3) is 5.91 Å². The number of benzene rings is 3. The highest BCUT2D eigenvalue weighted by atomic mass is 32.1. The molecule has 2 heterocycles. The largest absolute Gasteiger partial charge is 0.489 e. The highest BCUT2D eigenvalue weighted by Crippen LogP contribution is 2.34. The van der Waals surface area contributed by atoms with Crippen molar-refractivity contribution in [2.45, 2.75) is 13.2 Å². The molecule has 176 valence electrons. The van der Waals surface area contributed by atoms with Gasteiger partial charge in [0.1, 0.15) is 41.2 Å². The number of carbonyl (C=O) groups is 1. The predicted octanol–water partition coefficient (Wildman–Crippen LogP) is 6.18. The molecule has 0 saturated carbocycles. The molecule has 0 radical (unpaired) electrons. The van der Waals surface area contributed by atoms with Crippen LogP contribution in [0.25, 0.3) is 10.1 Å². The third kappa shape index (κ3) is 5.02. The van der Waals surface area contributed by atoms with E-state index in [-0.39, 0.29) is 18.3 Å².